The van der Waals surface area contributed by atoms with Crippen molar-refractivity contribution < 1.29 is 89.2 Å². The Kier molecular flexibility index (Phi) is 12.2. The molecule has 9 fully saturated rings. The fraction of sp³-hybridized carbons (Fsp3) is 0.755. The number of fused-ring (bicyclic) bond motifs is 6. The lowest BCUT2D eigenvalue weighted by molar-refractivity contribution is -0.346. The molecule has 19 heteroatoms. The van der Waals surface area contributed by atoms with Gasteiger partial charge in [0, 0.05) is 45.6 Å². The van der Waals surface area contributed by atoms with Crippen molar-refractivity contribution in [3.8, 4) is 5.75 Å². The molecule has 72 heavy (non-hydrogen) atoms. The molecule has 0 radical (unpaired) electrons. The Morgan fingerprint density at radius 3 is 2.03 bits per heavy atom. The first-order chi connectivity index (χ1) is 33.6. The van der Waals surface area contributed by atoms with E-state index >= 15 is 0 Å². The van der Waals surface area contributed by atoms with E-state index in [1.807, 2.05) is 6.92 Å². The molecule has 10 rings (SSSR count). The van der Waals surface area contributed by atoms with Crippen LogP contribution in [0.3, 0.4) is 0 Å². The molecule has 5 aliphatic carbocycles. The Bertz CT molecular complexity index is 2410. The van der Waals surface area contributed by atoms with Crippen LogP contribution in [0.1, 0.15) is 126 Å². The van der Waals surface area contributed by atoms with Gasteiger partial charge in [0.05, 0.1) is 18.8 Å². The predicted molar refractivity (Wildman–Crippen MR) is 242 cm³/mol. The number of esters is 5. The summed E-state index contributed by atoms with van der Waals surface area (Å²) in [6.45, 7) is 18.3. The second kappa shape index (κ2) is 17.1. The summed E-state index contributed by atoms with van der Waals surface area (Å²) in [5.41, 5.74) is -1.92. The van der Waals surface area contributed by atoms with Crippen LogP contribution in [-0.2, 0) is 71.3 Å². The predicted octanol–water partition coefficient (Wildman–Crippen LogP) is 7.90. The molecule has 0 aromatic heterocycles. The molecule has 0 bridgehead atoms. The number of carbonyl (C=O) groups excluding carboxylic acids is 5. The van der Waals surface area contributed by atoms with Crippen LogP contribution in [-0.4, -0.2) is 110 Å². The number of epoxide rings is 1. The molecule has 19 atom stereocenters. The summed E-state index contributed by atoms with van der Waals surface area (Å²) >= 11 is 0. The van der Waals surface area contributed by atoms with Gasteiger partial charge in [-0.3, -0.25) is 19.2 Å². The molecular formula is C53H67F3O16. The summed E-state index contributed by atoms with van der Waals surface area (Å²) in [6.07, 6.45) is -3.07. The van der Waals surface area contributed by atoms with Crippen molar-refractivity contribution in [2.45, 2.75) is 194 Å². The van der Waals surface area contributed by atoms with E-state index < -0.39 is 95.6 Å². The van der Waals surface area contributed by atoms with Crippen LogP contribution >= 0.6 is 0 Å². The summed E-state index contributed by atoms with van der Waals surface area (Å²) in [5, 5.41) is 0. The van der Waals surface area contributed by atoms with E-state index in [0.717, 1.165) is 44.2 Å². The van der Waals surface area contributed by atoms with E-state index in [1.165, 1.54) is 52.0 Å². The molecule has 9 aliphatic rings. The Morgan fingerprint density at radius 2 is 1.38 bits per heavy atom. The highest BCUT2D eigenvalue weighted by Crippen LogP contribution is 2.90. The van der Waals surface area contributed by atoms with Crippen molar-refractivity contribution in [2.24, 2.45) is 50.7 Å². The molecule has 396 valence electrons. The standard InChI is InChI=1S/C53H67F3O16/c1-26-21-52(44-49(10,71-44)45(72-52)68-39(61)18-13-31-11-14-32(15-12-31)69-53(54,55)56)70-33-22-47(8)36-17-16-35-46(6,7)37(19-20-50(35)25-51(36,50)23-38(64-28(3)58)48(47,9)40(26)33)67-43-42(66-30(5)60)41(65-29(4)59)34(24-62-43)63-27(2)57/h11-15,18,26,33-38,40-45H,16-17,19-25H2,1-10H3/b18-13+/t26-,33+,34-,35+,36+,37+,38-,40+,41+,42-,43+,44-,45+,47+,48-,49+,50-,51+,52-/m1/s1. The van der Waals surface area contributed by atoms with Crippen LogP contribution in [0.4, 0.5) is 13.2 Å². The summed E-state index contributed by atoms with van der Waals surface area (Å²) in [4.78, 5) is 63.3. The van der Waals surface area contributed by atoms with Crippen LogP contribution in [0, 0.1) is 50.7 Å². The van der Waals surface area contributed by atoms with Gasteiger partial charge in [-0.15, -0.1) is 13.2 Å². The van der Waals surface area contributed by atoms with E-state index in [4.69, 9.17) is 47.4 Å². The molecule has 3 spiro atoms. The van der Waals surface area contributed by atoms with Gasteiger partial charge in [0.15, 0.2) is 30.2 Å². The van der Waals surface area contributed by atoms with Gasteiger partial charge in [0.25, 0.3) is 0 Å². The second-order valence-corrected chi connectivity index (χ2v) is 23.6. The van der Waals surface area contributed by atoms with E-state index in [1.54, 1.807) is 0 Å². The van der Waals surface area contributed by atoms with Crippen molar-refractivity contribution in [1.82, 2.24) is 0 Å². The van der Waals surface area contributed by atoms with Crippen molar-refractivity contribution in [2.75, 3.05) is 6.61 Å². The number of halogens is 3. The van der Waals surface area contributed by atoms with Crippen molar-refractivity contribution in [3.63, 3.8) is 0 Å². The Balaban J connectivity index is 0.868. The van der Waals surface area contributed by atoms with E-state index in [9.17, 15) is 37.1 Å². The number of rotatable bonds is 10. The van der Waals surface area contributed by atoms with Gasteiger partial charge >= 0.3 is 36.2 Å². The number of hydrogen-bond acceptors (Lipinski definition) is 16. The number of alkyl halides is 3. The van der Waals surface area contributed by atoms with Crippen LogP contribution in [0.25, 0.3) is 6.08 Å². The third kappa shape index (κ3) is 7.98. The molecule has 1 aromatic rings. The van der Waals surface area contributed by atoms with Crippen LogP contribution in [0.2, 0.25) is 0 Å². The molecule has 4 saturated heterocycles. The smallest absolute Gasteiger partial charge is 0.462 e. The fourth-order valence-corrected chi connectivity index (χ4v) is 16.8. The van der Waals surface area contributed by atoms with Gasteiger partial charge in [0.1, 0.15) is 18.0 Å². The topological polar surface area (TPSA) is 190 Å². The Labute approximate surface area is 416 Å². The van der Waals surface area contributed by atoms with Crippen molar-refractivity contribution in [3.05, 3.63) is 35.9 Å². The SMILES string of the molecule is CC(=O)O[C@@H]1[C@@H](OC(C)=O)[C@H](O[C@H]2CC[C@]34C[C@]35C[C@@H](OC(C)=O)[C@]3(C)[C@H]6[C@H](C)C[C@]7(O[C@H](OC(=O)/C=C/c8ccc(OC(F)(F)F)cc8)[C@@]8(C)O[C@@H]78)O[C@H]6C[C@@]3(C)[C@@H]5CC[C@H]4C2(C)C)OC[C@H]1OC(C)=O. The monoisotopic (exact) mass is 1020 g/mol. The zero-order valence-electron chi connectivity index (χ0n) is 42.5. The van der Waals surface area contributed by atoms with E-state index in [0.29, 0.717) is 24.8 Å². The molecule has 0 amide bonds. The third-order valence-corrected chi connectivity index (χ3v) is 19.3. The minimum atomic E-state index is -4.83. The minimum Gasteiger partial charge on any atom is -0.462 e. The molecule has 1 aromatic carbocycles. The highest BCUT2D eigenvalue weighted by atomic mass is 19.4. The number of ether oxygens (including phenoxy) is 11. The highest BCUT2D eigenvalue weighted by Gasteiger charge is 2.87. The first kappa shape index (κ1) is 51.2. The molecule has 0 unspecified atom stereocenters. The van der Waals surface area contributed by atoms with Crippen molar-refractivity contribution in [1.29, 1.82) is 0 Å². The maximum atomic E-state index is 13.2. The first-order valence-electron chi connectivity index (χ1n) is 25.4. The summed E-state index contributed by atoms with van der Waals surface area (Å²) in [5.74, 6) is -4.01. The largest absolute Gasteiger partial charge is 0.573 e. The van der Waals surface area contributed by atoms with Gasteiger partial charge < -0.3 is 52.1 Å². The normalized spacial score (nSPS) is 46.0. The Morgan fingerprint density at radius 1 is 0.722 bits per heavy atom. The summed E-state index contributed by atoms with van der Waals surface area (Å²) < 4.78 is 104. The third-order valence-electron chi connectivity index (χ3n) is 19.3. The molecular weight excluding hydrogens is 950 g/mol. The molecule has 0 N–H and O–H groups in total. The molecule has 4 heterocycles. The Hall–Kier alpha value is -4.30. The average molecular weight is 1020 g/mol. The number of hydrogen-bond donors (Lipinski definition) is 0. The first-order valence-corrected chi connectivity index (χ1v) is 25.4. The zero-order chi connectivity index (χ0) is 51.9. The van der Waals surface area contributed by atoms with Gasteiger partial charge in [0.2, 0.25) is 12.1 Å². The summed E-state index contributed by atoms with van der Waals surface area (Å²) in [6, 6.07) is 5.08. The average Bonchev–Trinajstić information content (AvgIpc) is 4.10. The van der Waals surface area contributed by atoms with Gasteiger partial charge in [-0.05, 0) is 121 Å². The second-order valence-electron chi connectivity index (χ2n) is 23.6. The zero-order valence-corrected chi connectivity index (χ0v) is 42.5. The maximum Gasteiger partial charge on any atom is 0.573 e. The lowest BCUT2D eigenvalue weighted by Gasteiger charge is -2.65. The fourth-order valence-electron chi connectivity index (χ4n) is 16.8. The maximum absolute atomic E-state index is 13.2. The number of carbonyl (C=O) groups is 5. The van der Waals surface area contributed by atoms with Gasteiger partial charge in [-0.25, -0.2) is 4.79 Å². The van der Waals surface area contributed by atoms with Crippen LogP contribution in [0.15, 0.2) is 30.3 Å². The highest BCUT2D eigenvalue weighted by molar-refractivity contribution is 5.87. The lowest BCUT2D eigenvalue weighted by Crippen LogP contribution is -2.64. The van der Waals surface area contributed by atoms with Gasteiger partial charge in [-0.2, -0.15) is 0 Å². The van der Waals surface area contributed by atoms with Crippen LogP contribution < -0.4 is 4.74 Å². The molecule has 16 nitrogen and oxygen atoms in total. The molecule has 5 saturated carbocycles. The van der Waals surface area contributed by atoms with Crippen LogP contribution in [0.5, 0.6) is 5.75 Å². The molecule has 4 aliphatic heterocycles. The van der Waals surface area contributed by atoms with E-state index in [-0.39, 0.29) is 70.5 Å². The van der Waals surface area contributed by atoms with Crippen molar-refractivity contribution >= 4 is 35.9 Å². The minimum absolute atomic E-state index is 0.00852. The number of benzene rings is 1. The summed E-state index contributed by atoms with van der Waals surface area (Å²) in [7, 11) is 0. The quantitative estimate of drug-likeness (QED) is 0.0722. The lowest BCUT2D eigenvalue weighted by atomic mass is 9.41. The van der Waals surface area contributed by atoms with E-state index in [2.05, 4.69) is 39.4 Å². The van der Waals surface area contributed by atoms with Gasteiger partial charge in [-0.1, -0.05) is 46.8 Å².